The van der Waals surface area contributed by atoms with Crippen molar-refractivity contribution in [1.29, 1.82) is 0 Å². The summed E-state index contributed by atoms with van der Waals surface area (Å²) < 4.78 is 4.97. The summed E-state index contributed by atoms with van der Waals surface area (Å²) in [4.78, 5) is 8.26. The number of methoxy groups -OCH3 is 1. The molecule has 0 spiro atoms. The average molecular weight is 201 g/mol. The van der Waals surface area contributed by atoms with Gasteiger partial charge in [0.05, 0.1) is 19.0 Å². The highest BCUT2D eigenvalue weighted by atomic mass is 35.5. The van der Waals surface area contributed by atoms with Crippen LogP contribution in [0, 0.1) is 0 Å². The lowest BCUT2D eigenvalue weighted by Gasteiger charge is -2.12. The van der Waals surface area contributed by atoms with Gasteiger partial charge >= 0.3 is 0 Å². The molecular formula is C9H13ClN2O. The number of hydrogen-bond acceptors (Lipinski definition) is 3. The summed E-state index contributed by atoms with van der Waals surface area (Å²) in [6.45, 7) is 3.95. The second-order valence-electron chi connectivity index (χ2n) is 2.95. The third kappa shape index (κ3) is 2.56. The molecule has 0 fully saturated rings. The quantitative estimate of drug-likeness (QED) is 0.702. The third-order valence-corrected chi connectivity index (χ3v) is 2.37. The van der Waals surface area contributed by atoms with E-state index in [0.717, 1.165) is 5.69 Å². The molecule has 0 saturated carbocycles. The fourth-order valence-electron chi connectivity index (χ4n) is 0.915. The zero-order valence-corrected chi connectivity index (χ0v) is 8.75. The summed E-state index contributed by atoms with van der Waals surface area (Å²) in [5.74, 6) is 0.714. The van der Waals surface area contributed by atoms with Gasteiger partial charge in [-0.1, -0.05) is 6.92 Å². The Morgan fingerprint density at radius 3 is 2.62 bits per heavy atom. The van der Waals surface area contributed by atoms with E-state index in [1.807, 2.05) is 13.8 Å². The van der Waals surface area contributed by atoms with Crippen molar-refractivity contribution >= 4 is 11.6 Å². The van der Waals surface area contributed by atoms with Gasteiger partial charge in [0.15, 0.2) is 0 Å². The Balaban J connectivity index is 2.88. The number of halogens is 1. The van der Waals surface area contributed by atoms with Gasteiger partial charge in [-0.25, -0.2) is 4.98 Å². The van der Waals surface area contributed by atoms with Crippen LogP contribution in [0.2, 0.25) is 0 Å². The van der Waals surface area contributed by atoms with Gasteiger partial charge in [0, 0.05) is 17.5 Å². The van der Waals surface area contributed by atoms with Crippen molar-refractivity contribution in [3.63, 3.8) is 0 Å². The van der Waals surface area contributed by atoms with E-state index in [-0.39, 0.29) is 11.3 Å². The molecule has 3 nitrogen and oxygen atoms in total. The Hall–Kier alpha value is -0.830. The van der Waals surface area contributed by atoms with E-state index in [9.17, 15) is 0 Å². The molecule has 0 N–H and O–H groups in total. The molecule has 0 aliphatic carbocycles. The first-order valence-electron chi connectivity index (χ1n) is 4.15. The van der Waals surface area contributed by atoms with Crippen LogP contribution in [-0.4, -0.2) is 22.5 Å². The lowest BCUT2D eigenvalue weighted by atomic mass is 10.1. The zero-order chi connectivity index (χ0) is 9.84. The summed E-state index contributed by atoms with van der Waals surface area (Å²) in [5, 5.41) is 0.0430. The van der Waals surface area contributed by atoms with Crippen LogP contribution in [0.15, 0.2) is 12.4 Å². The topological polar surface area (TPSA) is 35.0 Å². The summed E-state index contributed by atoms with van der Waals surface area (Å²) in [6, 6.07) is 0. The molecule has 1 aromatic rings. The van der Waals surface area contributed by atoms with Crippen molar-refractivity contribution in [2.75, 3.05) is 7.11 Å². The van der Waals surface area contributed by atoms with Gasteiger partial charge in [0.25, 0.3) is 0 Å². The fourth-order valence-corrected chi connectivity index (χ4v) is 1.04. The number of nitrogens with zero attached hydrogens (tertiary/aromatic N) is 2. The normalized spacial score (nSPS) is 15.1. The minimum absolute atomic E-state index is 0.0430. The predicted octanol–water partition coefficient (Wildman–Crippen LogP) is 2.22. The molecule has 2 atom stereocenters. The monoisotopic (exact) mass is 200 g/mol. The largest absolute Gasteiger partial charge is 0.480 e. The summed E-state index contributed by atoms with van der Waals surface area (Å²) >= 11 is 5.95. The van der Waals surface area contributed by atoms with Gasteiger partial charge < -0.3 is 4.74 Å². The average Bonchev–Trinajstić information content (AvgIpc) is 2.16. The van der Waals surface area contributed by atoms with E-state index in [2.05, 4.69) is 9.97 Å². The third-order valence-electron chi connectivity index (χ3n) is 2.00. The highest BCUT2D eigenvalue weighted by Crippen LogP contribution is 2.21. The zero-order valence-electron chi connectivity index (χ0n) is 7.99. The Morgan fingerprint density at radius 1 is 1.38 bits per heavy atom. The first kappa shape index (κ1) is 10.3. The molecule has 4 heteroatoms. The van der Waals surface area contributed by atoms with E-state index < -0.39 is 0 Å². The summed E-state index contributed by atoms with van der Waals surface area (Å²) in [6.07, 6.45) is 3.29. The molecule has 2 unspecified atom stereocenters. The molecule has 0 amide bonds. The van der Waals surface area contributed by atoms with E-state index >= 15 is 0 Å². The lowest BCUT2D eigenvalue weighted by Crippen LogP contribution is -2.08. The van der Waals surface area contributed by atoms with Gasteiger partial charge in [-0.05, 0) is 6.92 Å². The van der Waals surface area contributed by atoms with Crippen LogP contribution < -0.4 is 4.74 Å². The van der Waals surface area contributed by atoms with E-state index in [1.165, 1.54) is 0 Å². The predicted molar refractivity (Wildman–Crippen MR) is 52.3 cm³/mol. The van der Waals surface area contributed by atoms with Crippen molar-refractivity contribution < 1.29 is 4.74 Å². The maximum Gasteiger partial charge on any atom is 0.232 e. The van der Waals surface area contributed by atoms with Crippen LogP contribution in [0.5, 0.6) is 5.88 Å². The van der Waals surface area contributed by atoms with Crippen LogP contribution in [0.4, 0.5) is 0 Å². The van der Waals surface area contributed by atoms with Crippen LogP contribution in [0.3, 0.4) is 0 Å². The molecule has 0 saturated heterocycles. The van der Waals surface area contributed by atoms with Gasteiger partial charge in [-0.2, -0.15) is 0 Å². The van der Waals surface area contributed by atoms with Crippen molar-refractivity contribution in [1.82, 2.24) is 9.97 Å². The van der Waals surface area contributed by atoms with Crippen LogP contribution in [-0.2, 0) is 0 Å². The van der Waals surface area contributed by atoms with Crippen molar-refractivity contribution in [2.45, 2.75) is 25.1 Å². The first-order chi connectivity index (χ1) is 6.15. The maximum atomic E-state index is 5.95. The summed E-state index contributed by atoms with van der Waals surface area (Å²) in [5.41, 5.74) is 0.863. The Labute approximate surface area is 83.1 Å². The van der Waals surface area contributed by atoms with E-state index in [4.69, 9.17) is 16.3 Å². The molecule has 0 aliphatic heterocycles. The van der Waals surface area contributed by atoms with Crippen LogP contribution >= 0.6 is 11.6 Å². The van der Waals surface area contributed by atoms with Gasteiger partial charge in [0.1, 0.15) is 0 Å². The van der Waals surface area contributed by atoms with Crippen molar-refractivity contribution in [3.8, 4) is 5.88 Å². The molecule has 13 heavy (non-hydrogen) atoms. The number of ether oxygens (including phenoxy) is 1. The first-order valence-corrected chi connectivity index (χ1v) is 4.58. The molecule has 1 rings (SSSR count). The minimum Gasteiger partial charge on any atom is -0.480 e. The lowest BCUT2D eigenvalue weighted by molar-refractivity contribution is 0.392. The number of hydrogen-bond donors (Lipinski definition) is 0. The second-order valence-corrected chi connectivity index (χ2v) is 3.64. The van der Waals surface area contributed by atoms with Crippen LogP contribution in [0.1, 0.15) is 25.5 Å². The Bertz CT molecular complexity index is 278. The molecule has 0 bridgehead atoms. The number of aromatic nitrogens is 2. The van der Waals surface area contributed by atoms with Crippen molar-refractivity contribution in [2.24, 2.45) is 0 Å². The smallest absolute Gasteiger partial charge is 0.232 e. The Morgan fingerprint density at radius 2 is 2.08 bits per heavy atom. The molecule has 72 valence electrons. The maximum absolute atomic E-state index is 5.95. The highest BCUT2D eigenvalue weighted by molar-refractivity contribution is 6.20. The highest BCUT2D eigenvalue weighted by Gasteiger charge is 2.13. The van der Waals surface area contributed by atoms with Gasteiger partial charge in [-0.3, -0.25) is 4.98 Å². The van der Waals surface area contributed by atoms with E-state index in [0.29, 0.717) is 5.88 Å². The standard InChI is InChI=1S/C9H13ClN2O/c1-6(7(2)10)8-4-11-5-9(12-8)13-3/h4-7H,1-3H3. The molecule has 0 aromatic carbocycles. The Kier molecular flexibility index (Phi) is 3.48. The molecule has 1 aromatic heterocycles. The molecular weight excluding hydrogens is 188 g/mol. The summed E-state index contributed by atoms with van der Waals surface area (Å²) in [7, 11) is 1.57. The fraction of sp³-hybridized carbons (Fsp3) is 0.556. The molecule has 0 radical (unpaired) electrons. The van der Waals surface area contributed by atoms with Crippen molar-refractivity contribution in [3.05, 3.63) is 18.1 Å². The molecule has 0 aliphatic rings. The molecule has 1 heterocycles. The van der Waals surface area contributed by atoms with Gasteiger partial charge in [0.2, 0.25) is 5.88 Å². The van der Waals surface area contributed by atoms with E-state index in [1.54, 1.807) is 19.5 Å². The minimum atomic E-state index is 0.0430. The number of alkyl halides is 1. The van der Waals surface area contributed by atoms with Gasteiger partial charge in [-0.15, -0.1) is 11.6 Å². The number of rotatable bonds is 3. The SMILES string of the molecule is COc1cncc(C(C)C(C)Cl)n1. The second kappa shape index (κ2) is 4.42. The van der Waals surface area contributed by atoms with Crippen LogP contribution in [0.25, 0.3) is 0 Å².